The Labute approximate surface area is 53.5 Å². The van der Waals surface area contributed by atoms with Crippen LogP contribution in [0.2, 0.25) is 0 Å². The summed E-state index contributed by atoms with van der Waals surface area (Å²) in [6, 6.07) is 3.72. The molecule has 3 heteroatoms. The topological polar surface area (TPSA) is 41.6 Å². The van der Waals surface area contributed by atoms with E-state index in [1.807, 2.05) is 13.0 Å². The van der Waals surface area contributed by atoms with Crippen LogP contribution in [0.4, 0.5) is 0 Å². The zero-order valence-corrected chi connectivity index (χ0v) is 5.20. The molecule has 0 radical (unpaired) electrons. The largest absolute Gasteiger partial charge is 0.255 e. The summed E-state index contributed by atoms with van der Waals surface area (Å²) in [7, 11) is 0. The van der Waals surface area contributed by atoms with E-state index in [1.54, 1.807) is 16.9 Å². The first-order chi connectivity index (χ1) is 4.38. The lowest BCUT2D eigenvalue weighted by Crippen LogP contribution is -1.98. The lowest BCUT2D eigenvalue weighted by molar-refractivity contribution is 0.651. The van der Waals surface area contributed by atoms with E-state index in [4.69, 9.17) is 5.26 Å². The third kappa shape index (κ3) is 0.918. The number of nitrogens with zero attached hydrogens (tertiary/aromatic N) is 3. The third-order valence-electron chi connectivity index (χ3n) is 1.13. The fraction of sp³-hybridized carbons (Fsp3) is 0.333. The molecule has 1 aromatic rings. The molecule has 3 nitrogen and oxygen atoms in total. The van der Waals surface area contributed by atoms with Crippen molar-refractivity contribution in [2.45, 2.75) is 13.5 Å². The van der Waals surface area contributed by atoms with Gasteiger partial charge >= 0.3 is 0 Å². The molecule has 0 saturated carbocycles. The summed E-state index contributed by atoms with van der Waals surface area (Å²) in [5, 5.41) is 12.3. The van der Waals surface area contributed by atoms with E-state index in [0.717, 1.165) is 6.54 Å². The zero-order chi connectivity index (χ0) is 6.69. The van der Waals surface area contributed by atoms with Crippen molar-refractivity contribution in [3.63, 3.8) is 0 Å². The smallest absolute Gasteiger partial charge is 0.138 e. The maximum absolute atomic E-state index is 8.43. The van der Waals surface area contributed by atoms with E-state index in [1.165, 1.54) is 0 Å². The average Bonchev–Trinajstić information content (AvgIpc) is 2.33. The predicted octanol–water partition coefficient (Wildman–Crippen LogP) is 0.775. The van der Waals surface area contributed by atoms with Gasteiger partial charge in [-0.3, -0.25) is 4.68 Å². The standard InChI is InChI=1S/C6H7N3/c1-2-9-6(5-7)3-4-8-9/h3-4H,2H2,1H3. The normalized spacial score (nSPS) is 8.89. The lowest BCUT2D eigenvalue weighted by Gasteiger charge is -1.92. The van der Waals surface area contributed by atoms with Crippen molar-refractivity contribution in [1.82, 2.24) is 9.78 Å². The number of hydrogen-bond donors (Lipinski definition) is 0. The quantitative estimate of drug-likeness (QED) is 0.550. The van der Waals surface area contributed by atoms with E-state index in [-0.39, 0.29) is 0 Å². The predicted molar refractivity (Wildman–Crippen MR) is 32.6 cm³/mol. The number of aryl methyl sites for hydroxylation is 1. The Morgan fingerprint density at radius 1 is 1.89 bits per heavy atom. The van der Waals surface area contributed by atoms with Gasteiger partial charge in [0, 0.05) is 6.54 Å². The zero-order valence-electron chi connectivity index (χ0n) is 5.20. The van der Waals surface area contributed by atoms with Crippen molar-refractivity contribution in [2.24, 2.45) is 0 Å². The highest BCUT2D eigenvalue weighted by atomic mass is 15.3. The molecule has 0 aliphatic rings. The highest BCUT2D eigenvalue weighted by molar-refractivity contribution is 5.17. The number of nitriles is 1. The van der Waals surface area contributed by atoms with Crippen molar-refractivity contribution in [1.29, 1.82) is 5.26 Å². The van der Waals surface area contributed by atoms with Crippen molar-refractivity contribution in [3.05, 3.63) is 18.0 Å². The van der Waals surface area contributed by atoms with Gasteiger partial charge in [-0.25, -0.2) is 0 Å². The molecule has 1 heterocycles. The first kappa shape index (κ1) is 5.83. The van der Waals surface area contributed by atoms with Gasteiger partial charge in [-0.15, -0.1) is 0 Å². The van der Waals surface area contributed by atoms with Gasteiger partial charge in [0.05, 0.1) is 6.20 Å². The summed E-state index contributed by atoms with van der Waals surface area (Å²) in [5.41, 5.74) is 0.623. The Bertz CT molecular complexity index is 231. The average molecular weight is 121 g/mol. The van der Waals surface area contributed by atoms with E-state index in [0.29, 0.717) is 5.69 Å². The van der Waals surface area contributed by atoms with Gasteiger partial charge in [-0.1, -0.05) is 0 Å². The van der Waals surface area contributed by atoms with Crippen molar-refractivity contribution in [2.75, 3.05) is 0 Å². The summed E-state index contributed by atoms with van der Waals surface area (Å²) in [4.78, 5) is 0. The van der Waals surface area contributed by atoms with E-state index in [2.05, 4.69) is 5.10 Å². The van der Waals surface area contributed by atoms with Crippen LogP contribution in [-0.2, 0) is 6.54 Å². The lowest BCUT2D eigenvalue weighted by atomic mass is 10.5. The molecule has 0 aromatic carbocycles. The molecule has 0 unspecified atom stereocenters. The maximum atomic E-state index is 8.43. The first-order valence-corrected chi connectivity index (χ1v) is 2.80. The van der Waals surface area contributed by atoms with Gasteiger partial charge in [0.25, 0.3) is 0 Å². The molecule has 0 fully saturated rings. The van der Waals surface area contributed by atoms with Crippen LogP contribution in [0.3, 0.4) is 0 Å². The van der Waals surface area contributed by atoms with Crippen LogP contribution in [0.15, 0.2) is 12.3 Å². The molecule has 0 bridgehead atoms. The van der Waals surface area contributed by atoms with E-state index < -0.39 is 0 Å². The molecular weight excluding hydrogens is 114 g/mol. The van der Waals surface area contributed by atoms with Crippen LogP contribution in [0.5, 0.6) is 0 Å². The van der Waals surface area contributed by atoms with Gasteiger partial charge in [0.2, 0.25) is 0 Å². The monoisotopic (exact) mass is 121 g/mol. The van der Waals surface area contributed by atoms with Crippen LogP contribution >= 0.6 is 0 Å². The second-order valence-corrected chi connectivity index (χ2v) is 1.64. The molecule has 0 saturated heterocycles. The third-order valence-corrected chi connectivity index (χ3v) is 1.13. The Kier molecular flexibility index (Phi) is 1.50. The molecular formula is C6H7N3. The van der Waals surface area contributed by atoms with E-state index >= 15 is 0 Å². The highest BCUT2D eigenvalue weighted by Crippen LogP contribution is 1.93. The van der Waals surface area contributed by atoms with E-state index in [9.17, 15) is 0 Å². The number of aromatic nitrogens is 2. The molecule has 0 aliphatic heterocycles. The Hall–Kier alpha value is -1.30. The number of rotatable bonds is 1. The summed E-state index contributed by atoms with van der Waals surface area (Å²) in [6.45, 7) is 2.71. The number of hydrogen-bond acceptors (Lipinski definition) is 2. The Morgan fingerprint density at radius 3 is 3.11 bits per heavy atom. The minimum absolute atomic E-state index is 0.623. The SMILES string of the molecule is CCn1nccc1C#N. The molecule has 0 atom stereocenters. The molecule has 0 amide bonds. The summed E-state index contributed by atoms with van der Waals surface area (Å²) in [5.74, 6) is 0. The summed E-state index contributed by atoms with van der Waals surface area (Å²) >= 11 is 0. The fourth-order valence-electron chi connectivity index (χ4n) is 0.680. The van der Waals surface area contributed by atoms with Crippen LogP contribution < -0.4 is 0 Å². The van der Waals surface area contributed by atoms with Gasteiger partial charge in [-0.05, 0) is 13.0 Å². The Morgan fingerprint density at radius 2 is 2.67 bits per heavy atom. The summed E-state index contributed by atoms with van der Waals surface area (Å²) < 4.78 is 1.65. The molecule has 1 rings (SSSR count). The molecule has 46 valence electrons. The van der Waals surface area contributed by atoms with Gasteiger partial charge in [-0.2, -0.15) is 10.4 Å². The second kappa shape index (κ2) is 2.31. The van der Waals surface area contributed by atoms with Crippen molar-refractivity contribution < 1.29 is 0 Å². The second-order valence-electron chi connectivity index (χ2n) is 1.64. The Balaban J connectivity index is 3.02. The minimum atomic E-state index is 0.623. The van der Waals surface area contributed by atoms with Crippen LogP contribution in [0.1, 0.15) is 12.6 Å². The van der Waals surface area contributed by atoms with Crippen molar-refractivity contribution in [3.8, 4) is 6.07 Å². The molecule has 0 aliphatic carbocycles. The maximum Gasteiger partial charge on any atom is 0.138 e. The molecule has 0 N–H and O–H groups in total. The van der Waals surface area contributed by atoms with Crippen LogP contribution in [-0.4, -0.2) is 9.78 Å². The fourth-order valence-corrected chi connectivity index (χ4v) is 0.680. The molecule has 1 aromatic heterocycles. The van der Waals surface area contributed by atoms with Crippen LogP contribution in [0.25, 0.3) is 0 Å². The van der Waals surface area contributed by atoms with Gasteiger partial charge in [0.1, 0.15) is 11.8 Å². The van der Waals surface area contributed by atoms with Gasteiger partial charge < -0.3 is 0 Å². The van der Waals surface area contributed by atoms with Crippen LogP contribution in [0, 0.1) is 11.3 Å². The first-order valence-electron chi connectivity index (χ1n) is 2.80. The summed E-state index contributed by atoms with van der Waals surface area (Å²) in [6.07, 6.45) is 1.63. The molecule has 9 heavy (non-hydrogen) atoms. The minimum Gasteiger partial charge on any atom is -0.255 e. The van der Waals surface area contributed by atoms with Crippen molar-refractivity contribution >= 4 is 0 Å². The van der Waals surface area contributed by atoms with Gasteiger partial charge in [0.15, 0.2) is 0 Å². The molecule has 0 spiro atoms. The highest BCUT2D eigenvalue weighted by Gasteiger charge is 1.94.